The molecule has 0 aliphatic rings. The van der Waals surface area contributed by atoms with Crippen molar-refractivity contribution in [2.75, 3.05) is 0 Å². The zero-order valence-electron chi connectivity index (χ0n) is 13.9. The maximum atomic E-state index is 5.93. The first kappa shape index (κ1) is 17.0. The predicted octanol–water partition coefficient (Wildman–Crippen LogP) is 4.30. The van der Waals surface area contributed by atoms with Crippen molar-refractivity contribution in [2.45, 2.75) is 12.6 Å². The van der Waals surface area contributed by atoms with Crippen molar-refractivity contribution >= 4 is 22.9 Å². The number of hydrogen-bond donors (Lipinski definition) is 1. The van der Waals surface area contributed by atoms with Gasteiger partial charge in [0, 0.05) is 16.1 Å². The average Bonchev–Trinajstić information content (AvgIpc) is 3.36. The number of thiophene rings is 1. The van der Waals surface area contributed by atoms with Crippen LogP contribution in [-0.2, 0) is 6.54 Å². The van der Waals surface area contributed by atoms with E-state index in [9.17, 15) is 0 Å². The first-order valence-electron chi connectivity index (χ1n) is 8.30. The van der Waals surface area contributed by atoms with Gasteiger partial charge in [0.05, 0.1) is 4.88 Å². The first-order valence-corrected chi connectivity index (χ1v) is 9.55. The zero-order valence-corrected chi connectivity index (χ0v) is 15.5. The predicted molar refractivity (Wildman–Crippen MR) is 103 cm³/mol. The summed E-state index contributed by atoms with van der Waals surface area (Å²) in [7, 11) is 0. The van der Waals surface area contributed by atoms with Crippen LogP contribution in [0.1, 0.15) is 22.4 Å². The number of quaternary nitrogens is 1. The highest BCUT2D eigenvalue weighted by atomic mass is 35.5. The third-order valence-corrected chi connectivity index (χ3v) is 5.31. The Kier molecular flexibility index (Phi) is 5.11. The van der Waals surface area contributed by atoms with Crippen LogP contribution in [0.25, 0.3) is 11.4 Å². The molecular weight excluding hydrogens is 366 g/mol. The molecule has 2 N–H and O–H groups in total. The van der Waals surface area contributed by atoms with Crippen LogP contribution in [0.5, 0.6) is 0 Å². The molecule has 0 unspecified atom stereocenters. The van der Waals surface area contributed by atoms with E-state index in [0.29, 0.717) is 23.3 Å². The summed E-state index contributed by atoms with van der Waals surface area (Å²) in [5.41, 5.74) is 2.15. The van der Waals surface area contributed by atoms with Crippen molar-refractivity contribution in [3.8, 4) is 11.4 Å². The van der Waals surface area contributed by atoms with Gasteiger partial charge in [-0.05, 0) is 35.7 Å². The van der Waals surface area contributed by atoms with E-state index in [1.165, 1.54) is 10.4 Å². The third-order valence-electron chi connectivity index (χ3n) is 4.11. The van der Waals surface area contributed by atoms with E-state index < -0.39 is 0 Å². The normalized spacial score (nSPS) is 12.2. The highest BCUT2D eigenvalue weighted by Crippen LogP contribution is 2.23. The number of rotatable bonds is 6. The van der Waals surface area contributed by atoms with Crippen LogP contribution in [-0.4, -0.2) is 10.1 Å². The van der Waals surface area contributed by atoms with E-state index in [2.05, 4.69) is 57.2 Å². The van der Waals surface area contributed by atoms with Crippen LogP contribution in [0.2, 0.25) is 5.02 Å². The lowest BCUT2D eigenvalue weighted by molar-refractivity contribution is -0.704. The molecule has 0 aliphatic heterocycles. The third kappa shape index (κ3) is 3.85. The molecule has 2 aromatic carbocycles. The standard InChI is InChI=1S/C20H16ClN3OS/c21-16-10-8-15(9-11-16)20-23-18(25-24-20)13-22-19(17-7-4-12-26-17)14-5-2-1-3-6-14/h1-12,19,22H,13H2/p+1/t19-/m0/s1. The van der Waals surface area contributed by atoms with Crippen LogP contribution in [0.4, 0.5) is 0 Å². The van der Waals surface area contributed by atoms with Crippen LogP contribution in [0.15, 0.2) is 76.6 Å². The van der Waals surface area contributed by atoms with Gasteiger partial charge in [0.25, 0.3) is 5.89 Å². The molecule has 1 atom stereocenters. The molecule has 4 nitrogen and oxygen atoms in total. The van der Waals surface area contributed by atoms with Crippen molar-refractivity contribution in [2.24, 2.45) is 0 Å². The second-order valence-electron chi connectivity index (χ2n) is 5.86. The Balaban J connectivity index is 1.51. The van der Waals surface area contributed by atoms with Crippen LogP contribution >= 0.6 is 22.9 Å². The fourth-order valence-electron chi connectivity index (χ4n) is 2.82. The molecule has 2 aromatic heterocycles. The second-order valence-corrected chi connectivity index (χ2v) is 7.28. The van der Waals surface area contributed by atoms with E-state index in [-0.39, 0.29) is 6.04 Å². The second kappa shape index (κ2) is 7.83. The van der Waals surface area contributed by atoms with Gasteiger partial charge >= 0.3 is 0 Å². The SMILES string of the molecule is Clc1ccc(-c2noc(C[NH2+][C@@H](c3ccccc3)c3cccs3)n2)cc1. The van der Waals surface area contributed by atoms with Crippen LogP contribution in [0.3, 0.4) is 0 Å². The van der Waals surface area contributed by atoms with Gasteiger partial charge in [-0.15, -0.1) is 11.3 Å². The summed E-state index contributed by atoms with van der Waals surface area (Å²) in [4.78, 5) is 5.81. The van der Waals surface area contributed by atoms with Gasteiger partial charge in [0.1, 0.15) is 6.04 Å². The lowest BCUT2D eigenvalue weighted by Crippen LogP contribution is -2.83. The summed E-state index contributed by atoms with van der Waals surface area (Å²) in [6.45, 7) is 0.609. The number of aromatic nitrogens is 2. The Labute approximate surface area is 160 Å². The minimum Gasteiger partial charge on any atom is -0.333 e. The summed E-state index contributed by atoms with van der Waals surface area (Å²) in [5.74, 6) is 1.19. The topological polar surface area (TPSA) is 55.5 Å². The molecule has 0 spiro atoms. The number of hydrogen-bond acceptors (Lipinski definition) is 4. The number of nitrogens with zero attached hydrogens (tertiary/aromatic N) is 2. The summed E-state index contributed by atoms with van der Waals surface area (Å²) < 4.78 is 5.43. The number of nitrogens with two attached hydrogens (primary N) is 1. The van der Waals surface area contributed by atoms with Crippen LogP contribution < -0.4 is 5.32 Å². The van der Waals surface area contributed by atoms with E-state index in [4.69, 9.17) is 16.1 Å². The van der Waals surface area contributed by atoms with Gasteiger partial charge in [-0.25, -0.2) is 0 Å². The molecule has 0 saturated heterocycles. The average molecular weight is 383 g/mol. The Hall–Kier alpha value is -2.47. The van der Waals surface area contributed by atoms with Crippen molar-refractivity contribution in [3.63, 3.8) is 0 Å². The summed E-state index contributed by atoms with van der Waals surface area (Å²) in [6.07, 6.45) is 0. The van der Waals surface area contributed by atoms with Gasteiger partial charge in [0.2, 0.25) is 5.82 Å². The minimum absolute atomic E-state index is 0.210. The molecule has 4 rings (SSSR count). The van der Waals surface area contributed by atoms with Gasteiger partial charge in [-0.1, -0.05) is 53.2 Å². The zero-order chi connectivity index (χ0) is 17.8. The molecule has 0 fully saturated rings. The molecular formula is C20H17ClN3OS+. The molecule has 130 valence electrons. The number of halogens is 1. The molecule has 0 aliphatic carbocycles. The summed E-state index contributed by atoms with van der Waals surface area (Å²) >= 11 is 7.68. The molecule has 2 heterocycles. The lowest BCUT2D eigenvalue weighted by atomic mass is 10.1. The molecule has 0 amide bonds. The van der Waals surface area contributed by atoms with Gasteiger partial charge in [-0.2, -0.15) is 4.98 Å². The Morgan fingerprint density at radius 2 is 1.81 bits per heavy atom. The first-order chi connectivity index (χ1) is 12.8. The lowest BCUT2D eigenvalue weighted by Gasteiger charge is -2.13. The Morgan fingerprint density at radius 3 is 2.54 bits per heavy atom. The molecule has 4 aromatic rings. The van der Waals surface area contributed by atoms with E-state index >= 15 is 0 Å². The van der Waals surface area contributed by atoms with Crippen LogP contribution in [0, 0.1) is 0 Å². The van der Waals surface area contributed by atoms with Gasteiger partial charge in [0.15, 0.2) is 6.54 Å². The molecule has 0 bridgehead atoms. The molecule has 26 heavy (non-hydrogen) atoms. The van der Waals surface area contributed by atoms with Gasteiger partial charge < -0.3 is 9.84 Å². The Bertz CT molecular complexity index is 952. The number of benzene rings is 2. The molecule has 6 heteroatoms. The monoisotopic (exact) mass is 382 g/mol. The highest BCUT2D eigenvalue weighted by molar-refractivity contribution is 7.10. The fourth-order valence-corrected chi connectivity index (χ4v) is 3.79. The van der Waals surface area contributed by atoms with Crippen molar-refractivity contribution in [1.82, 2.24) is 10.1 Å². The smallest absolute Gasteiger partial charge is 0.282 e. The molecule has 0 saturated carbocycles. The van der Waals surface area contributed by atoms with E-state index in [1.807, 2.05) is 30.3 Å². The maximum Gasteiger partial charge on any atom is 0.282 e. The summed E-state index contributed by atoms with van der Waals surface area (Å²) in [6, 6.07) is 22.3. The highest BCUT2D eigenvalue weighted by Gasteiger charge is 2.20. The largest absolute Gasteiger partial charge is 0.333 e. The molecule has 0 radical (unpaired) electrons. The maximum absolute atomic E-state index is 5.93. The van der Waals surface area contributed by atoms with Crippen molar-refractivity contribution in [1.29, 1.82) is 0 Å². The van der Waals surface area contributed by atoms with Crippen molar-refractivity contribution in [3.05, 3.63) is 93.5 Å². The van der Waals surface area contributed by atoms with Gasteiger partial charge in [-0.3, -0.25) is 0 Å². The minimum atomic E-state index is 0.210. The fraction of sp³-hybridized carbons (Fsp3) is 0.100. The van der Waals surface area contributed by atoms with E-state index in [1.54, 1.807) is 11.3 Å². The summed E-state index contributed by atoms with van der Waals surface area (Å²) in [5, 5.41) is 9.09. The quantitative estimate of drug-likeness (QED) is 0.540. The van der Waals surface area contributed by atoms with Crippen molar-refractivity contribution < 1.29 is 9.84 Å². The van der Waals surface area contributed by atoms with E-state index in [0.717, 1.165) is 5.56 Å². The Morgan fingerprint density at radius 1 is 1.00 bits per heavy atom.